The van der Waals surface area contributed by atoms with E-state index in [9.17, 15) is 4.79 Å². The van der Waals surface area contributed by atoms with Crippen LogP contribution in [0.5, 0.6) is 0 Å². The van der Waals surface area contributed by atoms with Gasteiger partial charge in [-0.3, -0.25) is 4.79 Å². The molecule has 1 aromatic rings. The number of benzene rings is 1. The molecule has 1 rings (SSSR count). The van der Waals surface area contributed by atoms with E-state index in [1.165, 1.54) is 0 Å². The molecule has 0 saturated carbocycles. The Kier molecular flexibility index (Phi) is 5.78. The van der Waals surface area contributed by atoms with Gasteiger partial charge in [-0.1, -0.05) is 49.8 Å². The normalized spacial score (nSPS) is 11.9. The number of thiocarbonyl (C=S) groups is 1. The molecule has 0 aromatic heterocycles. The third kappa shape index (κ3) is 4.45. The van der Waals surface area contributed by atoms with Crippen LogP contribution in [0.2, 0.25) is 0 Å². The summed E-state index contributed by atoms with van der Waals surface area (Å²) in [5.74, 6) is -0.0319. The first-order chi connectivity index (χ1) is 8.54. The van der Waals surface area contributed by atoms with Gasteiger partial charge in [0.15, 0.2) is 0 Å². The number of hydrogen-bond donors (Lipinski definition) is 2. The maximum absolute atomic E-state index is 11.9. The van der Waals surface area contributed by atoms with Crippen molar-refractivity contribution in [1.82, 2.24) is 5.32 Å². The van der Waals surface area contributed by atoms with Gasteiger partial charge in [-0.2, -0.15) is 0 Å². The SMILES string of the molecule is CCCC(NC(=O)Cc1ccccc1C)C(N)=S. The zero-order chi connectivity index (χ0) is 13.5. The highest BCUT2D eigenvalue weighted by molar-refractivity contribution is 7.80. The summed E-state index contributed by atoms with van der Waals surface area (Å²) in [6.07, 6.45) is 2.09. The Hall–Kier alpha value is -1.42. The summed E-state index contributed by atoms with van der Waals surface area (Å²) in [5.41, 5.74) is 7.77. The van der Waals surface area contributed by atoms with E-state index < -0.39 is 0 Å². The zero-order valence-electron chi connectivity index (χ0n) is 10.9. The molecule has 0 fully saturated rings. The lowest BCUT2D eigenvalue weighted by atomic mass is 10.1. The van der Waals surface area contributed by atoms with E-state index in [-0.39, 0.29) is 11.9 Å². The molecule has 18 heavy (non-hydrogen) atoms. The highest BCUT2D eigenvalue weighted by Crippen LogP contribution is 2.08. The van der Waals surface area contributed by atoms with Gasteiger partial charge in [0.2, 0.25) is 5.91 Å². The monoisotopic (exact) mass is 264 g/mol. The second-order valence-corrected chi connectivity index (χ2v) is 4.89. The van der Waals surface area contributed by atoms with Gasteiger partial charge in [-0.05, 0) is 24.5 Å². The Morgan fingerprint density at radius 2 is 2.11 bits per heavy atom. The zero-order valence-corrected chi connectivity index (χ0v) is 11.7. The van der Waals surface area contributed by atoms with Crippen LogP contribution in [0.25, 0.3) is 0 Å². The van der Waals surface area contributed by atoms with E-state index in [1.807, 2.05) is 38.1 Å². The van der Waals surface area contributed by atoms with Gasteiger partial charge in [-0.15, -0.1) is 0 Å². The van der Waals surface area contributed by atoms with Gasteiger partial charge >= 0.3 is 0 Å². The summed E-state index contributed by atoms with van der Waals surface area (Å²) in [5, 5.41) is 2.89. The highest BCUT2D eigenvalue weighted by atomic mass is 32.1. The van der Waals surface area contributed by atoms with Crippen LogP contribution in [0.15, 0.2) is 24.3 Å². The quantitative estimate of drug-likeness (QED) is 0.774. The van der Waals surface area contributed by atoms with Gasteiger partial charge in [0.1, 0.15) is 0 Å². The molecule has 1 unspecified atom stereocenters. The fourth-order valence-corrected chi connectivity index (χ4v) is 1.98. The topological polar surface area (TPSA) is 55.1 Å². The van der Waals surface area contributed by atoms with Crippen molar-refractivity contribution >= 4 is 23.1 Å². The number of nitrogens with one attached hydrogen (secondary N) is 1. The number of rotatable bonds is 6. The van der Waals surface area contributed by atoms with Crippen molar-refractivity contribution in [2.75, 3.05) is 0 Å². The van der Waals surface area contributed by atoms with Gasteiger partial charge in [0, 0.05) is 0 Å². The Labute approximate surface area is 114 Å². The van der Waals surface area contributed by atoms with E-state index in [0.29, 0.717) is 11.4 Å². The van der Waals surface area contributed by atoms with Crippen LogP contribution in [0.4, 0.5) is 0 Å². The molecule has 0 bridgehead atoms. The molecule has 1 aromatic carbocycles. The third-order valence-corrected chi connectivity index (χ3v) is 3.15. The summed E-state index contributed by atoms with van der Waals surface area (Å²) >= 11 is 4.95. The molecule has 0 aliphatic rings. The fourth-order valence-electron chi connectivity index (χ4n) is 1.80. The predicted molar refractivity (Wildman–Crippen MR) is 78.5 cm³/mol. The summed E-state index contributed by atoms with van der Waals surface area (Å²) in [6, 6.07) is 7.67. The largest absolute Gasteiger partial charge is 0.392 e. The van der Waals surface area contributed by atoms with Gasteiger partial charge in [0.25, 0.3) is 0 Å². The van der Waals surface area contributed by atoms with Crippen LogP contribution in [-0.4, -0.2) is 16.9 Å². The summed E-state index contributed by atoms with van der Waals surface area (Å²) in [7, 11) is 0. The summed E-state index contributed by atoms with van der Waals surface area (Å²) in [4.78, 5) is 12.3. The summed E-state index contributed by atoms with van der Waals surface area (Å²) in [6.45, 7) is 4.04. The molecule has 1 amide bonds. The molecule has 3 N–H and O–H groups in total. The number of carbonyl (C=O) groups excluding carboxylic acids is 1. The first-order valence-corrected chi connectivity index (χ1v) is 6.58. The van der Waals surface area contributed by atoms with Crippen LogP contribution in [-0.2, 0) is 11.2 Å². The molecule has 0 radical (unpaired) electrons. The predicted octanol–water partition coefficient (Wildman–Crippen LogP) is 2.11. The number of aryl methyl sites for hydroxylation is 1. The average molecular weight is 264 g/mol. The lowest BCUT2D eigenvalue weighted by molar-refractivity contribution is -0.120. The van der Waals surface area contributed by atoms with E-state index in [0.717, 1.165) is 24.0 Å². The van der Waals surface area contributed by atoms with Crippen molar-refractivity contribution < 1.29 is 4.79 Å². The minimum absolute atomic E-state index is 0.0319. The smallest absolute Gasteiger partial charge is 0.224 e. The summed E-state index contributed by atoms with van der Waals surface area (Å²) < 4.78 is 0. The van der Waals surface area contributed by atoms with Crippen LogP contribution < -0.4 is 11.1 Å². The van der Waals surface area contributed by atoms with Crippen LogP contribution in [0, 0.1) is 6.92 Å². The Bertz CT molecular complexity index is 432. The minimum Gasteiger partial charge on any atom is -0.392 e. The number of carbonyl (C=O) groups is 1. The molecule has 0 saturated heterocycles. The first-order valence-electron chi connectivity index (χ1n) is 6.17. The maximum Gasteiger partial charge on any atom is 0.224 e. The number of hydrogen-bond acceptors (Lipinski definition) is 2. The number of nitrogens with two attached hydrogens (primary N) is 1. The molecule has 0 spiro atoms. The van der Waals surface area contributed by atoms with Crippen molar-refractivity contribution in [3.63, 3.8) is 0 Å². The average Bonchev–Trinajstić information content (AvgIpc) is 2.31. The fraction of sp³-hybridized carbons (Fsp3) is 0.429. The number of amides is 1. The molecule has 0 aliphatic heterocycles. The minimum atomic E-state index is -0.193. The maximum atomic E-state index is 11.9. The van der Waals surface area contributed by atoms with Crippen molar-refractivity contribution in [3.8, 4) is 0 Å². The van der Waals surface area contributed by atoms with Crippen molar-refractivity contribution in [1.29, 1.82) is 0 Å². The molecule has 98 valence electrons. The second kappa shape index (κ2) is 7.11. The Balaban J connectivity index is 2.61. The molecule has 3 nitrogen and oxygen atoms in total. The molecule has 0 aliphatic carbocycles. The first kappa shape index (κ1) is 14.6. The Morgan fingerprint density at radius 1 is 1.44 bits per heavy atom. The molecular formula is C14H20N2OS. The van der Waals surface area contributed by atoms with E-state index in [2.05, 4.69) is 5.32 Å². The molecule has 0 heterocycles. The van der Waals surface area contributed by atoms with Crippen molar-refractivity contribution in [3.05, 3.63) is 35.4 Å². The van der Waals surface area contributed by atoms with E-state index in [4.69, 9.17) is 18.0 Å². The van der Waals surface area contributed by atoms with Crippen molar-refractivity contribution in [2.45, 2.75) is 39.2 Å². The van der Waals surface area contributed by atoms with Crippen LogP contribution in [0.3, 0.4) is 0 Å². The van der Waals surface area contributed by atoms with E-state index in [1.54, 1.807) is 0 Å². The van der Waals surface area contributed by atoms with E-state index >= 15 is 0 Å². The van der Waals surface area contributed by atoms with Crippen LogP contribution in [0.1, 0.15) is 30.9 Å². The second-order valence-electron chi connectivity index (χ2n) is 4.41. The molecular weight excluding hydrogens is 244 g/mol. The standard InChI is InChI=1S/C14H20N2OS/c1-3-6-12(14(15)18)16-13(17)9-11-8-5-4-7-10(11)2/h4-5,7-8,12H,3,6,9H2,1-2H3,(H2,15,18)(H,16,17). The highest BCUT2D eigenvalue weighted by Gasteiger charge is 2.14. The van der Waals surface area contributed by atoms with Gasteiger partial charge in [0.05, 0.1) is 17.5 Å². The van der Waals surface area contributed by atoms with Crippen LogP contribution >= 0.6 is 12.2 Å². The third-order valence-electron chi connectivity index (χ3n) is 2.87. The van der Waals surface area contributed by atoms with Gasteiger partial charge < -0.3 is 11.1 Å². The lowest BCUT2D eigenvalue weighted by Gasteiger charge is -2.17. The molecule has 4 heteroatoms. The Morgan fingerprint density at radius 3 is 2.67 bits per heavy atom. The molecule has 1 atom stereocenters. The van der Waals surface area contributed by atoms with Gasteiger partial charge in [-0.25, -0.2) is 0 Å². The lowest BCUT2D eigenvalue weighted by Crippen LogP contribution is -2.44. The van der Waals surface area contributed by atoms with Crippen molar-refractivity contribution in [2.24, 2.45) is 5.73 Å².